The number of nitrogens with one attached hydrogen (secondary N) is 3. The lowest BCUT2D eigenvalue weighted by molar-refractivity contribution is -0.122. The average Bonchev–Trinajstić information content (AvgIpc) is 3.30. The molecule has 3 aromatic rings. The molecule has 1 fully saturated rings. The van der Waals surface area contributed by atoms with E-state index in [1.165, 1.54) is 0 Å². The topological polar surface area (TPSA) is 74.8 Å². The third-order valence-electron chi connectivity index (χ3n) is 5.01. The zero-order valence-electron chi connectivity index (χ0n) is 16.8. The Kier molecular flexibility index (Phi) is 6.94. The molecule has 0 saturated carbocycles. The van der Waals surface area contributed by atoms with Crippen LogP contribution in [0, 0.1) is 0 Å². The summed E-state index contributed by atoms with van der Waals surface area (Å²) < 4.78 is 6.05. The fraction of sp³-hybridized carbons (Fsp3) is 0.167. The van der Waals surface area contributed by atoms with Gasteiger partial charge in [0.15, 0.2) is 0 Å². The molecule has 3 N–H and O–H groups in total. The minimum Gasteiger partial charge on any atom is -0.489 e. The number of hydrogen-bond acceptors (Lipinski definition) is 5. The first-order valence-corrected chi connectivity index (χ1v) is 10.4. The van der Waals surface area contributed by atoms with Crippen LogP contribution in [-0.4, -0.2) is 18.2 Å². The molecule has 0 spiro atoms. The van der Waals surface area contributed by atoms with E-state index in [-0.39, 0.29) is 11.9 Å². The predicted octanol–water partition coefficient (Wildman–Crippen LogP) is 3.98. The Morgan fingerprint density at radius 2 is 1.77 bits per heavy atom. The summed E-state index contributed by atoms with van der Waals surface area (Å²) in [5.41, 5.74) is 11.8. The van der Waals surface area contributed by atoms with Gasteiger partial charge in [-0.1, -0.05) is 72.3 Å². The number of rotatable bonds is 7. The normalized spacial score (nSPS) is 18.2. The van der Waals surface area contributed by atoms with Crippen LogP contribution < -0.4 is 21.0 Å². The van der Waals surface area contributed by atoms with Gasteiger partial charge in [-0.25, -0.2) is 16.3 Å². The van der Waals surface area contributed by atoms with E-state index >= 15 is 0 Å². The van der Waals surface area contributed by atoms with Crippen LogP contribution >= 0.6 is 11.6 Å². The maximum Gasteiger partial charge on any atom is 0.258 e. The highest BCUT2D eigenvalue weighted by Gasteiger charge is 2.31. The lowest BCUT2D eigenvalue weighted by atomic mass is 10.0. The average molecular weight is 435 g/mol. The van der Waals surface area contributed by atoms with Crippen LogP contribution in [-0.2, 0) is 11.4 Å². The first-order valence-electron chi connectivity index (χ1n) is 10.0. The summed E-state index contributed by atoms with van der Waals surface area (Å²) in [5, 5.41) is 4.69. The molecule has 0 radical (unpaired) electrons. The molecule has 2 unspecified atom stereocenters. The first-order chi connectivity index (χ1) is 15.2. The fourth-order valence-corrected chi connectivity index (χ4v) is 3.49. The summed E-state index contributed by atoms with van der Waals surface area (Å²) in [6.07, 6.45) is 2.16. The van der Waals surface area contributed by atoms with Gasteiger partial charge in [-0.05, 0) is 35.7 Å². The van der Waals surface area contributed by atoms with Gasteiger partial charge in [0.05, 0.1) is 12.3 Å². The molecule has 7 heteroatoms. The van der Waals surface area contributed by atoms with Crippen molar-refractivity contribution in [2.75, 3.05) is 0 Å². The SMILES string of the molecule is O=C(N/N=C/c1ccc(Cl)cc1)C1CC(c2ccccc2OCc2ccccc2)NN1. The maximum absolute atomic E-state index is 12.5. The van der Waals surface area contributed by atoms with Gasteiger partial charge in [0.1, 0.15) is 18.4 Å². The highest BCUT2D eigenvalue weighted by atomic mass is 35.5. The molecule has 0 aliphatic carbocycles. The second-order valence-electron chi connectivity index (χ2n) is 7.23. The van der Waals surface area contributed by atoms with E-state index in [2.05, 4.69) is 21.4 Å². The van der Waals surface area contributed by atoms with Crippen molar-refractivity contribution in [2.45, 2.75) is 25.1 Å². The van der Waals surface area contributed by atoms with Crippen LogP contribution in [0.1, 0.15) is 29.2 Å². The van der Waals surface area contributed by atoms with Gasteiger partial charge in [-0.15, -0.1) is 0 Å². The highest BCUT2D eigenvalue weighted by molar-refractivity contribution is 6.30. The van der Waals surface area contributed by atoms with Crippen LogP contribution in [0.2, 0.25) is 5.02 Å². The predicted molar refractivity (Wildman–Crippen MR) is 122 cm³/mol. The third-order valence-corrected chi connectivity index (χ3v) is 5.26. The van der Waals surface area contributed by atoms with Gasteiger partial charge in [0.25, 0.3) is 5.91 Å². The molecule has 1 aliphatic rings. The molecule has 31 heavy (non-hydrogen) atoms. The number of carbonyl (C=O) groups is 1. The molecular weight excluding hydrogens is 412 g/mol. The van der Waals surface area contributed by atoms with Crippen molar-refractivity contribution in [1.82, 2.24) is 16.3 Å². The summed E-state index contributed by atoms with van der Waals surface area (Å²) >= 11 is 5.87. The molecule has 158 valence electrons. The Morgan fingerprint density at radius 1 is 1.03 bits per heavy atom. The van der Waals surface area contributed by atoms with Gasteiger partial charge in [0.2, 0.25) is 0 Å². The number of halogens is 1. The van der Waals surface area contributed by atoms with E-state index in [1.807, 2.05) is 66.7 Å². The number of nitrogens with zero attached hydrogens (tertiary/aromatic N) is 1. The number of amides is 1. The molecule has 1 amide bonds. The van der Waals surface area contributed by atoms with Crippen molar-refractivity contribution in [3.8, 4) is 5.75 Å². The van der Waals surface area contributed by atoms with Gasteiger partial charge in [0, 0.05) is 10.6 Å². The van der Waals surface area contributed by atoms with E-state index in [1.54, 1.807) is 18.3 Å². The third kappa shape index (κ3) is 5.70. The van der Waals surface area contributed by atoms with Gasteiger partial charge in [-0.2, -0.15) is 5.10 Å². The van der Waals surface area contributed by atoms with Crippen molar-refractivity contribution in [2.24, 2.45) is 5.10 Å². The minimum absolute atomic E-state index is 0.0528. The Hall–Kier alpha value is -3.19. The minimum atomic E-state index is -0.408. The largest absolute Gasteiger partial charge is 0.489 e. The van der Waals surface area contributed by atoms with E-state index in [0.29, 0.717) is 18.1 Å². The highest BCUT2D eigenvalue weighted by Crippen LogP contribution is 2.30. The van der Waals surface area contributed by atoms with Gasteiger partial charge >= 0.3 is 0 Å². The van der Waals surface area contributed by atoms with Gasteiger partial charge < -0.3 is 4.74 Å². The van der Waals surface area contributed by atoms with Crippen LogP contribution in [0.15, 0.2) is 84.0 Å². The first kappa shape index (κ1) is 21.1. The smallest absolute Gasteiger partial charge is 0.258 e. The lowest BCUT2D eigenvalue weighted by Crippen LogP contribution is -2.41. The van der Waals surface area contributed by atoms with Crippen LogP contribution in [0.5, 0.6) is 5.75 Å². The molecule has 3 aromatic carbocycles. The van der Waals surface area contributed by atoms with E-state index in [0.717, 1.165) is 22.4 Å². The quantitative estimate of drug-likeness (QED) is 0.388. The Labute approximate surface area is 186 Å². The second kappa shape index (κ2) is 10.2. The summed E-state index contributed by atoms with van der Waals surface area (Å²) in [6, 6.07) is 24.6. The summed E-state index contributed by atoms with van der Waals surface area (Å²) in [7, 11) is 0. The summed E-state index contributed by atoms with van der Waals surface area (Å²) in [6.45, 7) is 0.487. The lowest BCUT2D eigenvalue weighted by Gasteiger charge is -2.16. The van der Waals surface area contributed by atoms with Crippen LogP contribution in [0.3, 0.4) is 0 Å². The van der Waals surface area contributed by atoms with E-state index < -0.39 is 6.04 Å². The molecule has 0 aromatic heterocycles. The van der Waals surface area contributed by atoms with Crippen molar-refractivity contribution < 1.29 is 9.53 Å². The zero-order chi connectivity index (χ0) is 21.5. The van der Waals surface area contributed by atoms with Crippen LogP contribution in [0.25, 0.3) is 0 Å². The van der Waals surface area contributed by atoms with Crippen molar-refractivity contribution in [3.05, 3.63) is 101 Å². The number of hydrazone groups is 1. The fourth-order valence-electron chi connectivity index (χ4n) is 3.36. The van der Waals surface area contributed by atoms with E-state index in [9.17, 15) is 4.79 Å². The van der Waals surface area contributed by atoms with E-state index in [4.69, 9.17) is 16.3 Å². The van der Waals surface area contributed by atoms with Crippen molar-refractivity contribution in [3.63, 3.8) is 0 Å². The standard InChI is InChI=1S/C24H23ClN4O2/c25-19-12-10-17(11-13-19)15-26-29-24(30)22-14-21(27-28-22)20-8-4-5-9-23(20)31-16-18-6-2-1-3-7-18/h1-13,15,21-22,27-28H,14,16H2,(H,29,30)/b26-15+. The molecular formula is C24H23ClN4O2. The molecule has 0 bridgehead atoms. The van der Waals surface area contributed by atoms with Crippen LogP contribution in [0.4, 0.5) is 0 Å². The van der Waals surface area contributed by atoms with Gasteiger partial charge in [-0.3, -0.25) is 4.79 Å². The number of ether oxygens (including phenoxy) is 1. The van der Waals surface area contributed by atoms with Crippen molar-refractivity contribution >= 4 is 23.7 Å². The summed E-state index contributed by atoms with van der Waals surface area (Å²) in [4.78, 5) is 12.5. The number of para-hydroxylation sites is 1. The Morgan fingerprint density at radius 3 is 2.58 bits per heavy atom. The number of carbonyl (C=O) groups excluding carboxylic acids is 1. The molecule has 6 nitrogen and oxygen atoms in total. The van der Waals surface area contributed by atoms with Crippen molar-refractivity contribution in [1.29, 1.82) is 0 Å². The Balaban J connectivity index is 1.34. The maximum atomic E-state index is 12.5. The molecule has 1 saturated heterocycles. The molecule has 1 heterocycles. The zero-order valence-corrected chi connectivity index (χ0v) is 17.5. The number of hydrogen-bond donors (Lipinski definition) is 3. The number of hydrazine groups is 1. The molecule has 1 aliphatic heterocycles. The molecule has 4 rings (SSSR count). The Bertz CT molecular complexity index is 1040. The monoisotopic (exact) mass is 434 g/mol. The molecule has 2 atom stereocenters. The summed E-state index contributed by atoms with van der Waals surface area (Å²) in [5.74, 6) is 0.593. The second-order valence-corrected chi connectivity index (χ2v) is 7.66. The number of benzene rings is 3.